The van der Waals surface area contributed by atoms with E-state index in [4.69, 9.17) is 4.42 Å². The molecule has 2 aliphatic rings. The second-order valence-electron chi connectivity index (χ2n) is 5.37. The van der Waals surface area contributed by atoms with Gasteiger partial charge in [-0.15, -0.1) is 0 Å². The molecule has 1 aromatic heterocycles. The molecule has 0 bridgehead atoms. The van der Waals surface area contributed by atoms with Gasteiger partial charge in [0.1, 0.15) is 10.7 Å². The van der Waals surface area contributed by atoms with E-state index in [1.165, 1.54) is 38.4 Å². The zero-order valence-corrected chi connectivity index (χ0v) is 10.9. The van der Waals surface area contributed by atoms with E-state index in [9.17, 15) is 10.1 Å². The van der Waals surface area contributed by atoms with E-state index in [1.54, 1.807) is 6.07 Å². The fraction of sp³-hybridized carbons (Fsp3) is 0.692. The summed E-state index contributed by atoms with van der Waals surface area (Å²) in [5.74, 6) is 0.462. The standard InChI is InChI=1S/C13H19N3O3/c17-16(18)13-5-4-10(19-13)9-14-11-6-8-15-7-2-1-3-12(11)15/h4-5,11-12,14H,1-3,6-9H2. The first kappa shape index (κ1) is 12.6. The van der Waals surface area contributed by atoms with E-state index in [0.29, 0.717) is 24.4 Å². The van der Waals surface area contributed by atoms with Crippen LogP contribution in [-0.2, 0) is 6.54 Å². The van der Waals surface area contributed by atoms with E-state index in [2.05, 4.69) is 10.2 Å². The number of furan rings is 1. The van der Waals surface area contributed by atoms with Crippen LogP contribution in [0, 0.1) is 10.1 Å². The smallest absolute Gasteiger partial charge is 0.404 e. The lowest BCUT2D eigenvalue weighted by Crippen LogP contribution is -2.44. The highest BCUT2D eigenvalue weighted by Gasteiger charge is 2.35. The van der Waals surface area contributed by atoms with Crippen LogP contribution in [0.25, 0.3) is 0 Å². The molecule has 2 fully saturated rings. The average Bonchev–Trinajstić information content (AvgIpc) is 3.03. The lowest BCUT2D eigenvalue weighted by molar-refractivity contribution is -0.402. The second-order valence-corrected chi connectivity index (χ2v) is 5.37. The van der Waals surface area contributed by atoms with Gasteiger partial charge in [-0.3, -0.25) is 15.0 Å². The molecular formula is C13H19N3O3. The van der Waals surface area contributed by atoms with Crippen molar-refractivity contribution in [2.75, 3.05) is 13.1 Å². The molecule has 2 unspecified atom stereocenters. The summed E-state index contributed by atoms with van der Waals surface area (Å²) < 4.78 is 5.17. The van der Waals surface area contributed by atoms with Gasteiger partial charge in [-0.25, -0.2) is 0 Å². The van der Waals surface area contributed by atoms with E-state index in [1.807, 2.05) is 0 Å². The number of nitro groups is 1. The Balaban J connectivity index is 1.55. The Bertz CT molecular complexity index is 460. The maximum atomic E-state index is 10.5. The van der Waals surface area contributed by atoms with Crippen molar-refractivity contribution in [3.05, 3.63) is 28.0 Å². The minimum Gasteiger partial charge on any atom is -0.404 e. The van der Waals surface area contributed by atoms with Crippen molar-refractivity contribution in [2.45, 2.75) is 44.3 Å². The van der Waals surface area contributed by atoms with Crippen molar-refractivity contribution in [1.82, 2.24) is 10.2 Å². The molecule has 104 valence electrons. The first-order chi connectivity index (χ1) is 9.24. The fourth-order valence-electron chi connectivity index (χ4n) is 3.28. The minimum absolute atomic E-state index is 0.178. The van der Waals surface area contributed by atoms with Crippen molar-refractivity contribution < 1.29 is 9.34 Å². The minimum atomic E-state index is -0.498. The van der Waals surface area contributed by atoms with Crippen LogP contribution < -0.4 is 5.32 Å². The Morgan fingerprint density at radius 3 is 3.05 bits per heavy atom. The van der Waals surface area contributed by atoms with Crippen LogP contribution in [0.4, 0.5) is 5.88 Å². The average molecular weight is 265 g/mol. The maximum absolute atomic E-state index is 10.5. The van der Waals surface area contributed by atoms with Gasteiger partial charge in [0, 0.05) is 18.6 Å². The van der Waals surface area contributed by atoms with Gasteiger partial charge in [0.25, 0.3) is 0 Å². The molecular weight excluding hydrogens is 246 g/mol. The van der Waals surface area contributed by atoms with Crippen LogP contribution in [0.15, 0.2) is 16.5 Å². The first-order valence-corrected chi connectivity index (χ1v) is 6.94. The van der Waals surface area contributed by atoms with E-state index >= 15 is 0 Å². The number of hydrogen-bond acceptors (Lipinski definition) is 5. The summed E-state index contributed by atoms with van der Waals surface area (Å²) in [6.45, 7) is 2.96. The van der Waals surface area contributed by atoms with Gasteiger partial charge in [0.05, 0.1) is 12.6 Å². The van der Waals surface area contributed by atoms with Gasteiger partial charge < -0.3 is 9.73 Å². The fourth-order valence-corrected chi connectivity index (χ4v) is 3.28. The summed E-state index contributed by atoms with van der Waals surface area (Å²) in [6.07, 6.45) is 5.04. The molecule has 0 saturated carbocycles. The van der Waals surface area contributed by atoms with Gasteiger partial charge in [0.15, 0.2) is 0 Å². The number of hydrogen-bond donors (Lipinski definition) is 1. The van der Waals surface area contributed by atoms with Crippen molar-refractivity contribution >= 4 is 5.88 Å². The van der Waals surface area contributed by atoms with Crippen LogP contribution >= 0.6 is 0 Å². The second kappa shape index (κ2) is 5.30. The molecule has 19 heavy (non-hydrogen) atoms. The molecule has 0 aromatic carbocycles. The van der Waals surface area contributed by atoms with Crippen molar-refractivity contribution in [3.63, 3.8) is 0 Å². The number of nitrogens with zero attached hydrogens (tertiary/aromatic N) is 2. The van der Waals surface area contributed by atoms with Crippen LogP contribution in [-0.4, -0.2) is 35.0 Å². The molecule has 0 aliphatic carbocycles. The molecule has 2 atom stereocenters. The van der Waals surface area contributed by atoms with Crippen molar-refractivity contribution in [2.24, 2.45) is 0 Å². The lowest BCUT2D eigenvalue weighted by atomic mass is 9.99. The number of nitrogens with one attached hydrogen (secondary N) is 1. The van der Waals surface area contributed by atoms with E-state index < -0.39 is 4.92 Å². The van der Waals surface area contributed by atoms with Gasteiger partial charge in [-0.1, -0.05) is 6.42 Å². The van der Waals surface area contributed by atoms with Crippen molar-refractivity contribution in [3.8, 4) is 0 Å². The highest BCUT2D eigenvalue weighted by Crippen LogP contribution is 2.27. The third-order valence-electron chi connectivity index (χ3n) is 4.22. The van der Waals surface area contributed by atoms with Gasteiger partial charge in [-0.05, 0) is 31.9 Å². The Morgan fingerprint density at radius 2 is 2.26 bits per heavy atom. The predicted molar refractivity (Wildman–Crippen MR) is 69.8 cm³/mol. The summed E-state index contributed by atoms with van der Waals surface area (Å²) in [4.78, 5) is 12.6. The molecule has 6 heteroatoms. The highest BCUT2D eigenvalue weighted by molar-refractivity contribution is 5.17. The summed E-state index contributed by atoms with van der Waals surface area (Å²) in [5, 5.41) is 14.0. The van der Waals surface area contributed by atoms with E-state index in [-0.39, 0.29) is 5.88 Å². The Morgan fingerprint density at radius 1 is 1.37 bits per heavy atom. The van der Waals surface area contributed by atoms with Gasteiger partial charge in [0.2, 0.25) is 0 Å². The molecule has 6 nitrogen and oxygen atoms in total. The molecule has 0 amide bonds. The van der Waals surface area contributed by atoms with Crippen LogP contribution in [0.3, 0.4) is 0 Å². The Kier molecular flexibility index (Phi) is 3.52. The molecule has 3 heterocycles. The molecule has 3 rings (SSSR count). The largest absolute Gasteiger partial charge is 0.433 e. The molecule has 2 saturated heterocycles. The summed E-state index contributed by atoms with van der Waals surface area (Å²) in [6, 6.07) is 4.22. The van der Waals surface area contributed by atoms with E-state index in [0.717, 1.165) is 6.42 Å². The van der Waals surface area contributed by atoms with Crippen LogP contribution in [0.1, 0.15) is 31.4 Å². The molecule has 0 spiro atoms. The predicted octanol–water partition coefficient (Wildman–Crippen LogP) is 1.90. The zero-order chi connectivity index (χ0) is 13.2. The molecule has 1 N–H and O–H groups in total. The quantitative estimate of drug-likeness (QED) is 0.665. The number of rotatable bonds is 4. The third kappa shape index (κ3) is 2.64. The number of fused-ring (bicyclic) bond motifs is 1. The summed E-state index contributed by atoms with van der Waals surface area (Å²) in [7, 11) is 0. The Labute approximate surface area is 111 Å². The molecule has 1 aromatic rings. The van der Waals surface area contributed by atoms with Crippen molar-refractivity contribution in [1.29, 1.82) is 0 Å². The molecule has 0 radical (unpaired) electrons. The van der Waals surface area contributed by atoms with Gasteiger partial charge >= 0.3 is 5.88 Å². The third-order valence-corrected chi connectivity index (χ3v) is 4.22. The monoisotopic (exact) mass is 265 g/mol. The molecule has 2 aliphatic heterocycles. The van der Waals surface area contributed by atoms with Gasteiger partial charge in [-0.2, -0.15) is 0 Å². The maximum Gasteiger partial charge on any atom is 0.433 e. The topological polar surface area (TPSA) is 71.6 Å². The zero-order valence-electron chi connectivity index (χ0n) is 10.9. The first-order valence-electron chi connectivity index (χ1n) is 6.94. The lowest BCUT2D eigenvalue weighted by Gasteiger charge is -2.32. The van der Waals surface area contributed by atoms with Crippen LogP contribution in [0.5, 0.6) is 0 Å². The van der Waals surface area contributed by atoms with Crippen LogP contribution in [0.2, 0.25) is 0 Å². The normalized spacial score (nSPS) is 27.4. The Hall–Kier alpha value is -1.40. The number of piperidine rings is 1. The summed E-state index contributed by atoms with van der Waals surface area (Å²) in [5.41, 5.74) is 0. The summed E-state index contributed by atoms with van der Waals surface area (Å²) >= 11 is 0. The highest BCUT2D eigenvalue weighted by atomic mass is 16.6. The SMILES string of the molecule is O=[N+]([O-])c1ccc(CNC2CCN3CCCCC23)o1.